The number of ether oxygens (including phenoxy) is 6. The molecule has 0 aliphatic heterocycles. The smallest absolute Gasteiger partial charge is 0.128 e. The molecular formula is C48H30O18-6. The zero-order valence-corrected chi connectivity index (χ0v) is 34.0. The van der Waals surface area contributed by atoms with Crippen LogP contribution < -0.4 is 59.1 Å². The zero-order valence-electron chi connectivity index (χ0n) is 34.0. The second-order valence-electron chi connectivity index (χ2n) is 14.2. The van der Waals surface area contributed by atoms with Crippen molar-refractivity contribution in [2.24, 2.45) is 0 Å². The maximum Gasteiger partial charge on any atom is 0.128 e. The number of carbonyl (C=O) groups is 6. The molecule has 66 heavy (non-hydrogen) atoms. The van der Waals surface area contributed by atoms with Crippen molar-refractivity contribution in [3.05, 3.63) is 109 Å². The van der Waals surface area contributed by atoms with Crippen LogP contribution in [0.15, 0.2) is 109 Å². The van der Waals surface area contributed by atoms with E-state index in [-0.39, 0.29) is 66.8 Å². The summed E-state index contributed by atoms with van der Waals surface area (Å²) < 4.78 is 34.0. The van der Waals surface area contributed by atoms with Gasteiger partial charge in [0.2, 0.25) is 0 Å². The standard InChI is InChI=1S/C48H36O18/c49-43(50)19-61-37-7-1-25-13-31(37)33-15-27(3-9-39(33)63-21-45(53)54)29-5-11-41(65-23-47(57)58)35(17-29)36-18-30(6-12-42(36)66-24-48(59)60)28-4-10-40(64-22-46(55)56)34(16-28)32-14-26(25)2-8-38(32)62-20-44(51)52/h1-18H,19-24H2,(H,49,50)(H,51,52)(H,53,54)(H,55,56)(H,57,58)(H,59,60)/p-6. The second-order valence-corrected chi connectivity index (χ2v) is 14.2. The molecule has 7 rings (SSSR count). The van der Waals surface area contributed by atoms with E-state index >= 15 is 0 Å². The molecule has 0 heterocycles. The van der Waals surface area contributed by atoms with Crippen LogP contribution in [0.3, 0.4) is 0 Å². The molecule has 0 saturated heterocycles. The zero-order chi connectivity index (χ0) is 47.1. The summed E-state index contributed by atoms with van der Waals surface area (Å²) in [5, 5.41) is 73.5. The van der Waals surface area contributed by atoms with Gasteiger partial charge in [-0.1, -0.05) is 36.4 Å². The summed E-state index contributed by atoms with van der Waals surface area (Å²) in [4.78, 5) is 69.9. The molecule has 18 heteroatoms. The first kappa shape index (κ1) is 45.0. The molecule has 0 aliphatic rings. The van der Waals surface area contributed by atoms with Crippen LogP contribution in [0.2, 0.25) is 0 Å². The quantitative estimate of drug-likeness (QED) is 0.100. The molecule has 336 valence electrons. The van der Waals surface area contributed by atoms with E-state index < -0.39 is 75.5 Å². The number of carboxylic acid groups (broad SMARTS) is 6. The van der Waals surface area contributed by atoms with Gasteiger partial charge >= 0.3 is 0 Å². The predicted molar refractivity (Wildman–Crippen MR) is 221 cm³/mol. The molecule has 18 nitrogen and oxygen atoms in total. The fourth-order valence-corrected chi connectivity index (χ4v) is 7.10. The van der Waals surface area contributed by atoms with Crippen molar-refractivity contribution in [1.82, 2.24) is 0 Å². The minimum absolute atomic E-state index is 0.0224. The van der Waals surface area contributed by atoms with E-state index in [0.717, 1.165) is 0 Å². The molecule has 0 atom stereocenters. The van der Waals surface area contributed by atoms with E-state index in [4.69, 9.17) is 28.4 Å². The van der Waals surface area contributed by atoms with Gasteiger partial charge in [-0.15, -0.1) is 0 Å². The number of hydrogen-bond acceptors (Lipinski definition) is 18. The Morgan fingerprint density at radius 3 is 0.515 bits per heavy atom. The van der Waals surface area contributed by atoms with Crippen LogP contribution in [-0.2, 0) is 28.8 Å². The van der Waals surface area contributed by atoms with Crippen molar-refractivity contribution in [2.45, 2.75) is 0 Å². The maximum atomic E-state index is 11.6. The Bertz CT molecular complexity index is 2690. The van der Waals surface area contributed by atoms with Gasteiger partial charge in [-0.05, 0) is 105 Å². The molecule has 0 N–H and O–H groups in total. The van der Waals surface area contributed by atoms with Crippen molar-refractivity contribution in [3.8, 4) is 34.5 Å². The molecule has 0 spiro atoms. The second kappa shape index (κ2) is 19.5. The van der Waals surface area contributed by atoms with Crippen molar-refractivity contribution in [3.63, 3.8) is 0 Å². The summed E-state index contributed by atoms with van der Waals surface area (Å²) in [6, 6.07) is 27.6. The minimum Gasteiger partial charge on any atom is -0.546 e. The number of carbonyl (C=O) groups excluding carboxylic acids is 6. The highest BCUT2D eigenvalue weighted by Gasteiger charge is 2.14. The van der Waals surface area contributed by atoms with E-state index in [0.29, 0.717) is 32.3 Å². The van der Waals surface area contributed by atoms with Gasteiger partial charge in [-0.2, -0.15) is 0 Å². The van der Waals surface area contributed by atoms with Gasteiger partial charge in [0.15, 0.2) is 0 Å². The fourth-order valence-electron chi connectivity index (χ4n) is 7.10. The van der Waals surface area contributed by atoms with E-state index in [2.05, 4.69) is 0 Å². The largest absolute Gasteiger partial charge is 0.546 e. The third-order valence-corrected chi connectivity index (χ3v) is 9.82. The predicted octanol–water partition coefficient (Wildman–Crippen LogP) is -0.935. The van der Waals surface area contributed by atoms with Gasteiger partial charge in [0.25, 0.3) is 0 Å². The summed E-state index contributed by atoms with van der Waals surface area (Å²) in [6.45, 7) is -5.42. The molecular weight excluding hydrogens is 865 g/mol. The van der Waals surface area contributed by atoms with Crippen LogP contribution in [0.25, 0.3) is 64.6 Å². The minimum atomic E-state index is -1.56. The van der Waals surface area contributed by atoms with Gasteiger partial charge < -0.3 is 87.8 Å². The number of fused-ring (bicyclic) bond motifs is 18. The van der Waals surface area contributed by atoms with Gasteiger partial charge in [0.1, 0.15) is 74.1 Å². The van der Waals surface area contributed by atoms with Crippen LogP contribution in [0, 0.1) is 0 Å². The molecule has 0 amide bonds. The van der Waals surface area contributed by atoms with E-state index in [1.165, 1.54) is 36.4 Å². The van der Waals surface area contributed by atoms with Crippen LogP contribution in [-0.4, -0.2) is 75.5 Å². The third-order valence-electron chi connectivity index (χ3n) is 9.82. The maximum absolute atomic E-state index is 11.6. The monoisotopic (exact) mass is 894 g/mol. The number of carboxylic acids is 6. The summed E-state index contributed by atoms with van der Waals surface area (Å²) in [7, 11) is 0. The molecule has 0 aliphatic carbocycles. The summed E-state index contributed by atoms with van der Waals surface area (Å²) in [5.74, 6) is -9.52. The molecule has 0 radical (unpaired) electrons. The molecule has 7 aromatic rings. The molecule has 12 bridgehead atoms. The summed E-state index contributed by atoms with van der Waals surface area (Å²) in [6.07, 6.45) is 0. The lowest BCUT2D eigenvalue weighted by atomic mass is 10.00. The van der Waals surface area contributed by atoms with Crippen molar-refractivity contribution in [2.75, 3.05) is 39.6 Å². The summed E-state index contributed by atoms with van der Waals surface area (Å²) >= 11 is 0. The van der Waals surface area contributed by atoms with Crippen LogP contribution in [0.4, 0.5) is 0 Å². The topological polar surface area (TPSA) is 296 Å². The molecule has 7 aromatic carbocycles. The Balaban J connectivity index is 1.75. The van der Waals surface area contributed by atoms with Gasteiger partial charge in [0.05, 0.1) is 35.8 Å². The first-order valence-electron chi connectivity index (χ1n) is 19.5. The Hall–Kier alpha value is -9.06. The third kappa shape index (κ3) is 10.6. The van der Waals surface area contributed by atoms with Crippen molar-refractivity contribution >= 4 is 100 Å². The highest BCUT2D eigenvalue weighted by atomic mass is 16.5. The normalized spacial score (nSPS) is 10.9. The van der Waals surface area contributed by atoms with Gasteiger partial charge in [-0.25, -0.2) is 0 Å². The molecule has 0 unspecified atom stereocenters. The van der Waals surface area contributed by atoms with Crippen LogP contribution in [0.1, 0.15) is 0 Å². The average Bonchev–Trinajstić information content (AvgIpc) is 3.29. The lowest BCUT2D eigenvalue weighted by Crippen LogP contribution is -2.29. The average molecular weight is 895 g/mol. The van der Waals surface area contributed by atoms with E-state index in [9.17, 15) is 59.4 Å². The molecule has 0 fully saturated rings. The van der Waals surface area contributed by atoms with Crippen LogP contribution >= 0.6 is 0 Å². The Kier molecular flexibility index (Phi) is 13.3. The first-order valence-corrected chi connectivity index (χ1v) is 19.5. The number of aliphatic carboxylic acids is 6. The van der Waals surface area contributed by atoms with E-state index in [1.54, 1.807) is 72.8 Å². The van der Waals surface area contributed by atoms with Gasteiger partial charge in [0, 0.05) is 32.3 Å². The SMILES string of the molecule is O=C([O-])COc1ccc2cc1c1cc(ccc1OCC(=O)[O-])c1ccc(OCC(=O)[O-])c(c1)c1cc(ccc1OCC(=O)[O-])c1ccc(OCC(=O)[O-])c(c1)c1cc2ccc1OCC(=O)[O-]. The Morgan fingerprint density at radius 2 is 0.394 bits per heavy atom. The lowest BCUT2D eigenvalue weighted by molar-refractivity contribution is -0.308. The van der Waals surface area contributed by atoms with Crippen molar-refractivity contribution < 1.29 is 87.8 Å². The summed E-state index contributed by atoms with van der Waals surface area (Å²) in [5.41, 5.74) is 0. The first-order chi connectivity index (χ1) is 31.6. The van der Waals surface area contributed by atoms with Crippen LogP contribution in [0.5, 0.6) is 34.5 Å². The van der Waals surface area contributed by atoms with Crippen molar-refractivity contribution in [1.29, 1.82) is 0 Å². The number of rotatable bonds is 18. The number of benzene rings is 6. The van der Waals surface area contributed by atoms with E-state index in [1.807, 2.05) is 0 Å². The lowest BCUT2D eigenvalue weighted by Gasteiger charge is -2.15. The Morgan fingerprint density at radius 1 is 0.258 bits per heavy atom. The highest BCUT2D eigenvalue weighted by Crippen LogP contribution is 2.40. The fraction of sp³-hybridized carbons (Fsp3) is 0.125. The molecule has 0 aromatic heterocycles. The molecule has 0 saturated carbocycles. The van der Waals surface area contributed by atoms with Gasteiger partial charge in [-0.3, -0.25) is 0 Å². The highest BCUT2D eigenvalue weighted by molar-refractivity contribution is 6.07. The number of hydrogen-bond donors (Lipinski definition) is 0. The Labute approximate surface area is 370 Å².